The summed E-state index contributed by atoms with van der Waals surface area (Å²) in [5, 5.41) is 17.0. The summed E-state index contributed by atoms with van der Waals surface area (Å²) in [7, 11) is 5.09. The summed E-state index contributed by atoms with van der Waals surface area (Å²) >= 11 is 0. The van der Waals surface area contributed by atoms with Crippen molar-refractivity contribution in [3.05, 3.63) is 53.6 Å². The van der Waals surface area contributed by atoms with E-state index in [4.69, 9.17) is 9.47 Å². The number of guanidine groups is 1. The largest absolute Gasteiger partial charge is 0.508 e. The predicted molar refractivity (Wildman–Crippen MR) is 124 cm³/mol. The van der Waals surface area contributed by atoms with Gasteiger partial charge < -0.3 is 25.2 Å². The maximum Gasteiger partial charge on any atom is 0.191 e. The van der Waals surface area contributed by atoms with Gasteiger partial charge in [0.1, 0.15) is 17.2 Å². The zero-order chi connectivity index (χ0) is 22.1. The van der Waals surface area contributed by atoms with E-state index in [1.165, 1.54) is 18.4 Å². The van der Waals surface area contributed by atoms with Crippen LogP contribution >= 0.6 is 0 Å². The zero-order valence-corrected chi connectivity index (χ0v) is 18.7. The van der Waals surface area contributed by atoms with Crippen LogP contribution in [0.1, 0.15) is 30.0 Å². The number of likely N-dealkylation sites (tertiary alicyclic amines) is 1. The number of ether oxygens (including phenoxy) is 2. The number of methoxy groups -OCH3 is 2. The monoisotopic (exact) mass is 426 g/mol. The number of aliphatic imine (C=N–C) groups is 1. The Kier molecular flexibility index (Phi) is 8.41. The van der Waals surface area contributed by atoms with Gasteiger partial charge in [-0.2, -0.15) is 0 Å². The summed E-state index contributed by atoms with van der Waals surface area (Å²) in [4.78, 5) is 6.87. The molecule has 0 bridgehead atoms. The normalized spacial score (nSPS) is 15.5. The van der Waals surface area contributed by atoms with Crippen molar-refractivity contribution in [1.82, 2.24) is 15.5 Å². The van der Waals surface area contributed by atoms with Crippen LogP contribution in [0.25, 0.3) is 0 Å². The molecular weight excluding hydrogens is 392 g/mol. The minimum Gasteiger partial charge on any atom is -0.508 e. The first kappa shape index (κ1) is 22.7. The number of hydrogen-bond donors (Lipinski definition) is 3. The van der Waals surface area contributed by atoms with Crippen molar-refractivity contribution >= 4 is 5.96 Å². The highest BCUT2D eigenvalue weighted by Gasteiger charge is 2.26. The SMILES string of the molecule is CN=C(NCCc1ccc(OC)cc1O)NCC(c1ccccc1OC)N1CCCC1. The lowest BCUT2D eigenvalue weighted by atomic mass is 10.0. The van der Waals surface area contributed by atoms with Gasteiger partial charge in [-0.15, -0.1) is 0 Å². The molecule has 7 heteroatoms. The molecule has 1 saturated heterocycles. The number of rotatable bonds is 9. The lowest BCUT2D eigenvalue weighted by molar-refractivity contribution is 0.239. The maximum atomic E-state index is 10.1. The molecule has 1 fully saturated rings. The third-order valence-electron chi connectivity index (χ3n) is 5.75. The molecule has 0 aromatic heterocycles. The summed E-state index contributed by atoms with van der Waals surface area (Å²) < 4.78 is 10.8. The Labute approximate surface area is 185 Å². The molecule has 1 unspecified atom stereocenters. The molecular formula is C24H34N4O3. The first-order chi connectivity index (χ1) is 15.2. The van der Waals surface area contributed by atoms with Crippen molar-refractivity contribution in [2.75, 3.05) is 47.4 Å². The molecule has 168 valence electrons. The third-order valence-corrected chi connectivity index (χ3v) is 5.75. The van der Waals surface area contributed by atoms with Gasteiger partial charge in [-0.3, -0.25) is 9.89 Å². The van der Waals surface area contributed by atoms with Gasteiger partial charge in [0, 0.05) is 31.8 Å². The molecule has 0 radical (unpaired) electrons. The molecule has 1 aliphatic rings. The number of phenolic OH excluding ortho intramolecular Hbond substituents is 1. The fourth-order valence-electron chi connectivity index (χ4n) is 4.04. The number of nitrogens with one attached hydrogen (secondary N) is 2. The number of phenols is 1. The quantitative estimate of drug-likeness (QED) is 0.423. The van der Waals surface area contributed by atoms with Gasteiger partial charge in [0.15, 0.2) is 5.96 Å². The highest BCUT2D eigenvalue weighted by atomic mass is 16.5. The van der Waals surface area contributed by atoms with Gasteiger partial charge in [-0.05, 0) is 50.0 Å². The van der Waals surface area contributed by atoms with E-state index in [2.05, 4.69) is 32.7 Å². The van der Waals surface area contributed by atoms with Crippen LogP contribution in [0.4, 0.5) is 0 Å². The van der Waals surface area contributed by atoms with Gasteiger partial charge in [-0.25, -0.2) is 0 Å². The van der Waals surface area contributed by atoms with E-state index in [0.717, 1.165) is 36.9 Å². The number of nitrogens with zero attached hydrogens (tertiary/aromatic N) is 2. The van der Waals surface area contributed by atoms with Gasteiger partial charge >= 0.3 is 0 Å². The average molecular weight is 427 g/mol. The van der Waals surface area contributed by atoms with Crippen LogP contribution in [-0.2, 0) is 6.42 Å². The molecule has 2 aromatic carbocycles. The van der Waals surface area contributed by atoms with Crippen LogP contribution in [0.3, 0.4) is 0 Å². The lowest BCUT2D eigenvalue weighted by Crippen LogP contribution is -2.43. The Hall–Kier alpha value is -2.93. The smallest absolute Gasteiger partial charge is 0.191 e. The highest BCUT2D eigenvalue weighted by Crippen LogP contribution is 2.31. The average Bonchev–Trinajstić information content (AvgIpc) is 3.33. The Bertz CT molecular complexity index is 866. The topological polar surface area (TPSA) is 78.4 Å². The fraction of sp³-hybridized carbons (Fsp3) is 0.458. The number of para-hydroxylation sites is 1. The second-order valence-corrected chi connectivity index (χ2v) is 7.63. The number of aromatic hydroxyl groups is 1. The molecule has 1 heterocycles. The van der Waals surface area contributed by atoms with E-state index >= 15 is 0 Å². The van der Waals surface area contributed by atoms with E-state index in [1.54, 1.807) is 27.3 Å². The Morgan fingerprint density at radius 1 is 1.10 bits per heavy atom. The van der Waals surface area contributed by atoms with E-state index in [-0.39, 0.29) is 11.8 Å². The fourth-order valence-corrected chi connectivity index (χ4v) is 4.04. The Morgan fingerprint density at radius 2 is 1.87 bits per heavy atom. The molecule has 1 aliphatic heterocycles. The Balaban J connectivity index is 1.59. The van der Waals surface area contributed by atoms with Crippen LogP contribution in [0, 0.1) is 0 Å². The first-order valence-electron chi connectivity index (χ1n) is 10.8. The molecule has 1 atom stereocenters. The highest BCUT2D eigenvalue weighted by molar-refractivity contribution is 5.79. The minimum absolute atomic E-state index is 0.211. The first-order valence-corrected chi connectivity index (χ1v) is 10.8. The van der Waals surface area contributed by atoms with Gasteiger partial charge in [0.25, 0.3) is 0 Å². The standard InChI is InChI=1S/C24H34N4O3/c1-25-24(26-13-12-18-10-11-19(30-2)16-22(18)29)27-17-21(28-14-6-7-15-28)20-8-4-5-9-23(20)31-3/h4-5,8-11,16,21,29H,6-7,12-15,17H2,1-3H3,(H2,25,26,27). The molecule has 7 nitrogen and oxygen atoms in total. The van der Waals surface area contributed by atoms with Crippen LogP contribution in [-0.4, -0.2) is 63.4 Å². The molecule has 31 heavy (non-hydrogen) atoms. The number of hydrogen-bond acceptors (Lipinski definition) is 5. The number of benzene rings is 2. The van der Waals surface area contributed by atoms with Gasteiger partial charge in [-0.1, -0.05) is 24.3 Å². The maximum absolute atomic E-state index is 10.1. The van der Waals surface area contributed by atoms with Gasteiger partial charge in [0.2, 0.25) is 0 Å². The molecule has 0 spiro atoms. The summed E-state index contributed by atoms with van der Waals surface area (Å²) in [5.41, 5.74) is 2.06. The van der Waals surface area contributed by atoms with Crippen LogP contribution in [0.15, 0.2) is 47.5 Å². The van der Waals surface area contributed by atoms with Crippen molar-refractivity contribution in [2.45, 2.75) is 25.3 Å². The molecule has 3 N–H and O–H groups in total. The molecule has 0 aliphatic carbocycles. The summed E-state index contributed by atoms with van der Waals surface area (Å²) in [6.45, 7) is 3.57. The molecule has 3 rings (SSSR count). The van der Waals surface area contributed by atoms with E-state index in [0.29, 0.717) is 18.7 Å². The van der Waals surface area contributed by atoms with Crippen LogP contribution in [0.5, 0.6) is 17.2 Å². The van der Waals surface area contributed by atoms with E-state index in [9.17, 15) is 5.11 Å². The van der Waals surface area contributed by atoms with Crippen molar-refractivity contribution in [3.63, 3.8) is 0 Å². The predicted octanol–water partition coefficient (Wildman–Crippen LogP) is 2.95. The Morgan fingerprint density at radius 3 is 2.55 bits per heavy atom. The summed E-state index contributed by atoms with van der Waals surface area (Å²) in [6.07, 6.45) is 3.13. The third kappa shape index (κ3) is 6.04. The van der Waals surface area contributed by atoms with Crippen LogP contribution in [0.2, 0.25) is 0 Å². The van der Waals surface area contributed by atoms with Crippen molar-refractivity contribution in [2.24, 2.45) is 4.99 Å². The van der Waals surface area contributed by atoms with E-state index in [1.807, 2.05) is 24.3 Å². The van der Waals surface area contributed by atoms with E-state index < -0.39 is 0 Å². The minimum atomic E-state index is 0.211. The van der Waals surface area contributed by atoms with Crippen molar-refractivity contribution in [3.8, 4) is 17.2 Å². The zero-order valence-electron chi connectivity index (χ0n) is 18.7. The van der Waals surface area contributed by atoms with Crippen molar-refractivity contribution < 1.29 is 14.6 Å². The van der Waals surface area contributed by atoms with Crippen LogP contribution < -0.4 is 20.1 Å². The summed E-state index contributed by atoms with van der Waals surface area (Å²) in [5.74, 6) is 2.55. The van der Waals surface area contributed by atoms with Gasteiger partial charge in [0.05, 0.1) is 20.3 Å². The van der Waals surface area contributed by atoms with Crippen molar-refractivity contribution in [1.29, 1.82) is 0 Å². The lowest BCUT2D eigenvalue weighted by Gasteiger charge is -2.30. The molecule has 0 saturated carbocycles. The molecule has 0 amide bonds. The second-order valence-electron chi connectivity index (χ2n) is 7.63. The molecule has 2 aromatic rings. The summed E-state index contributed by atoms with van der Waals surface area (Å²) in [6, 6.07) is 13.8. The second kappa shape index (κ2) is 11.5.